The molecule has 0 heterocycles. The van der Waals surface area contributed by atoms with E-state index < -0.39 is 0 Å². The van der Waals surface area contributed by atoms with Gasteiger partial charge in [0.2, 0.25) is 0 Å². The van der Waals surface area contributed by atoms with Gasteiger partial charge in [-0.15, -0.1) is 0 Å². The average molecular weight is 170 g/mol. The van der Waals surface area contributed by atoms with Gasteiger partial charge >= 0.3 is 0 Å². The van der Waals surface area contributed by atoms with Crippen molar-refractivity contribution in [1.82, 2.24) is 0 Å². The molecule has 0 unspecified atom stereocenters. The summed E-state index contributed by atoms with van der Waals surface area (Å²) < 4.78 is 5.83. The molecule has 0 spiro atoms. The van der Waals surface area contributed by atoms with Crippen LogP contribution in [-0.2, 0) is 4.74 Å². The van der Waals surface area contributed by atoms with Crippen LogP contribution in [0, 0.1) is 0 Å². The van der Waals surface area contributed by atoms with E-state index in [1.807, 2.05) is 0 Å². The molecule has 1 rings (SSSR count). The molecule has 0 amide bonds. The molecule has 1 nitrogen and oxygen atoms in total. The second-order valence-electron chi connectivity index (χ2n) is 4.15. The van der Waals surface area contributed by atoms with Crippen LogP contribution in [0.1, 0.15) is 58.8 Å². The second kappa shape index (κ2) is 5.58. The Morgan fingerprint density at radius 1 is 0.917 bits per heavy atom. The zero-order valence-electron chi connectivity index (χ0n) is 8.51. The summed E-state index contributed by atoms with van der Waals surface area (Å²) in [5.41, 5.74) is 0. The molecule has 0 aromatic heterocycles. The van der Waals surface area contributed by atoms with Crippen LogP contribution in [0.4, 0.5) is 0 Å². The van der Waals surface area contributed by atoms with Crippen LogP contribution in [-0.4, -0.2) is 12.2 Å². The lowest BCUT2D eigenvalue weighted by Crippen LogP contribution is -2.18. The highest BCUT2D eigenvalue weighted by Gasteiger charge is 2.12. The third-order valence-corrected chi connectivity index (χ3v) is 2.52. The van der Waals surface area contributed by atoms with Gasteiger partial charge in [0.15, 0.2) is 0 Å². The van der Waals surface area contributed by atoms with Crippen molar-refractivity contribution < 1.29 is 4.74 Å². The topological polar surface area (TPSA) is 9.23 Å². The first-order chi connectivity index (χ1) is 5.79. The van der Waals surface area contributed by atoms with Crippen molar-refractivity contribution in [2.24, 2.45) is 0 Å². The van der Waals surface area contributed by atoms with Gasteiger partial charge in [-0.05, 0) is 26.7 Å². The first-order valence-electron chi connectivity index (χ1n) is 5.44. The van der Waals surface area contributed by atoms with Gasteiger partial charge < -0.3 is 4.74 Å². The van der Waals surface area contributed by atoms with E-state index in [0.29, 0.717) is 12.2 Å². The van der Waals surface area contributed by atoms with Gasteiger partial charge in [-0.25, -0.2) is 0 Å². The van der Waals surface area contributed by atoms with E-state index in [1.165, 1.54) is 44.9 Å². The summed E-state index contributed by atoms with van der Waals surface area (Å²) in [6.45, 7) is 4.28. The quantitative estimate of drug-likeness (QED) is 0.616. The summed E-state index contributed by atoms with van der Waals surface area (Å²) in [6, 6.07) is 0. The molecule has 1 fully saturated rings. The van der Waals surface area contributed by atoms with Gasteiger partial charge in [0, 0.05) is 0 Å². The Bertz CT molecular complexity index is 102. The van der Waals surface area contributed by atoms with Crippen LogP contribution in [0.5, 0.6) is 0 Å². The summed E-state index contributed by atoms with van der Waals surface area (Å²) in [5.74, 6) is 0. The highest BCUT2D eigenvalue weighted by Crippen LogP contribution is 2.20. The highest BCUT2D eigenvalue weighted by molar-refractivity contribution is 4.63. The van der Waals surface area contributed by atoms with Crippen molar-refractivity contribution in [2.45, 2.75) is 71.0 Å². The largest absolute Gasteiger partial charge is 0.376 e. The molecule has 1 aliphatic rings. The smallest absolute Gasteiger partial charge is 0.0578 e. The lowest BCUT2D eigenvalue weighted by Gasteiger charge is -2.22. The van der Waals surface area contributed by atoms with E-state index in [-0.39, 0.29) is 0 Å². The van der Waals surface area contributed by atoms with Crippen LogP contribution < -0.4 is 0 Å². The fourth-order valence-corrected chi connectivity index (χ4v) is 1.94. The van der Waals surface area contributed by atoms with Gasteiger partial charge in [0.05, 0.1) is 12.2 Å². The van der Waals surface area contributed by atoms with E-state index in [4.69, 9.17) is 4.74 Å². The van der Waals surface area contributed by atoms with E-state index in [1.54, 1.807) is 0 Å². The third kappa shape index (κ3) is 4.10. The van der Waals surface area contributed by atoms with Crippen molar-refractivity contribution in [2.75, 3.05) is 0 Å². The average Bonchev–Trinajstić information content (AvgIpc) is 1.93. The third-order valence-electron chi connectivity index (χ3n) is 2.52. The molecule has 0 radical (unpaired) electrons. The minimum Gasteiger partial charge on any atom is -0.376 e. The van der Waals surface area contributed by atoms with Crippen LogP contribution >= 0.6 is 0 Å². The van der Waals surface area contributed by atoms with Crippen LogP contribution in [0.25, 0.3) is 0 Å². The van der Waals surface area contributed by atoms with Crippen molar-refractivity contribution >= 4 is 0 Å². The van der Waals surface area contributed by atoms with Gasteiger partial charge in [-0.1, -0.05) is 32.1 Å². The lowest BCUT2D eigenvalue weighted by atomic mass is 9.98. The number of hydrogen-bond acceptors (Lipinski definition) is 1. The molecular weight excluding hydrogens is 148 g/mol. The van der Waals surface area contributed by atoms with Crippen molar-refractivity contribution in [1.29, 1.82) is 0 Å². The van der Waals surface area contributed by atoms with Gasteiger partial charge in [-0.3, -0.25) is 0 Å². The molecule has 0 aromatic rings. The Morgan fingerprint density at radius 3 is 1.92 bits per heavy atom. The SMILES string of the molecule is CC(C)OC1CCCCCCC1. The second-order valence-corrected chi connectivity index (χ2v) is 4.15. The van der Waals surface area contributed by atoms with E-state index in [9.17, 15) is 0 Å². The molecule has 12 heavy (non-hydrogen) atoms. The predicted octanol–water partition coefficient (Wildman–Crippen LogP) is 3.52. The first-order valence-corrected chi connectivity index (χ1v) is 5.44. The Morgan fingerprint density at radius 2 is 1.42 bits per heavy atom. The molecule has 0 atom stereocenters. The van der Waals surface area contributed by atoms with Crippen molar-refractivity contribution in [3.63, 3.8) is 0 Å². The maximum absolute atomic E-state index is 5.83. The molecule has 72 valence electrons. The zero-order valence-corrected chi connectivity index (χ0v) is 8.51. The number of hydrogen-bond donors (Lipinski definition) is 0. The minimum absolute atomic E-state index is 0.412. The summed E-state index contributed by atoms with van der Waals surface area (Å²) in [6.07, 6.45) is 10.6. The molecular formula is C11H22O. The molecule has 0 bridgehead atoms. The Labute approximate surface area is 76.5 Å². The maximum atomic E-state index is 5.83. The normalized spacial score (nSPS) is 22.2. The monoisotopic (exact) mass is 170 g/mol. The minimum atomic E-state index is 0.412. The fourth-order valence-electron chi connectivity index (χ4n) is 1.94. The van der Waals surface area contributed by atoms with E-state index >= 15 is 0 Å². The molecule has 0 aliphatic heterocycles. The van der Waals surface area contributed by atoms with E-state index in [2.05, 4.69) is 13.8 Å². The maximum Gasteiger partial charge on any atom is 0.0578 e. The summed E-state index contributed by atoms with van der Waals surface area (Å²) in [5, 5.41) is 0. The molecule has 0 aromatic carbocycles. The molecule has 0 N–H and O–H groups in total. The van der Waals surface area contributed by atoms with Crippen molar-refractivity contribution in [3.05, 3.63) is 0 Å². The first kappa shape index (κ1) is 10.0. The van der Waals surface area contributed by atoms with Crippen LogP contribution in [0.15, 0.2) is 0 Å². The van der Waals surface area contributed by atoms with E-state index in [0.717, 1.165) is 0 Å². The molecule has 1 heteroatoms. The number of rotatable bonds is 2. The van der Waals surface area contributed by atoms with Gasteiger partial charge in [-0.2, -0.15) is 0 Å². The summed E-state index contributed by atoms with van der Waals surface area (Å²) in [4.78, 5) is 0. The Balaban J connectivity index is 2.20. The molecule has 1 saturated carbocycles. The highest BCUT2D eigenvalue weighted by atomic mass is 16.5. The van der Waals surface area contributed by atoms with Gasteiger partial charge in [0.25, 0.3) is 0 Å². The van der Waals surface area contributed by atoms with Crippen LogP contribution in [0.2, 0.25) is 0 Å². The van der Waals surface area contributed by atoms with Crippen molar-refractivity contribution in [3.8, 4) is 0 Å². The zero-order chi connectivity index (χ0) is 8.81. The molecule has 0 saturated heterocycles. The predicted molar refractivity (Wildman–Crippen MR) is 52.3 cm³/mol. The fraction of sp³-hybridized carbons (Fsp3) is 1.00. The van der Waals surface area contributed by atoms with Gasteiger partial charge in [0.1, 0.15) is 0 Å². The summed E-state index contributed by atoms with van der Waals surface area (Å²) >= 11 is 0. The lowest BCUT2D eigenvalue weighted by molar-refractivity contribution is -0.00593. The summed E-state index contributed by atoms with van der Waals surface area (Å²) in [7, 11) is 0. The standard InChI is InChI=1S/C11H22O/c1-10(2)12-11-8-6-4-3-5-7-9-11/h10-11H,3-9H2,1-2H3. The number of ether oxygens (including phenoxy) is 1. The van der Waals surface area contributed by atoms with Crippen LogP contribution in [0.3, 0.4) is 0 Å². The Hall–Kier alpha value is -0.0400. The molecule has 1 aliphatic carbocycles. The Kier molecular flexibility index (Phi) is 4.67.